The van der Waals surface area contributed by atoms with E-state index < -0.39 is 30.1 Å². The molecule has 1 amide bonds. The van der Waals surface area contributed by atoms with E-state index in [0.29, 0.717) is 11.5 Å². The second kappa shape index (κ2) is 7.90. The van der Waals surface area contributed by atoms with Crippen LogP contribution < -0.4 is 9.47 Å². The lowest BCUT2D eigenvalue weighted by Crippen LogP contribution is -2.68. The molecule has 0 bridgehead atoms. The summed E-state index contributed by atoms with van der Waals surface area (Å²) in [6, 6.07) is 12.5. The Hall–Kier alpha value is -3.06. The van der Waals surface area contributed by atoms with E-state index in [4.69, 9.17) is 9.47 Å². The van der Waals surface area contributed by atoms with Crippen molar-refractivity contribution in [2.24, 2.45) is 5.92 Å². The maximum atomic E-state index is 12.8. The summed E-state index contributed by atoms with van der Waals surface area (Å²) in [4.78, 5) is 26.0. The first-order chi connectivity index (χ1) is 13.4. The molecule has 2 aromatic carbocycles. The molecule has 1 aliphatic heterocycles. The second-order valence-corrected chi connectivity index (χ2v) is 6.74. The van der Waals surface area contributed by atoms with Crippen molar-refractivity contribution in [1.82, 2.24) is 4.90 Å². The maximum Gasteiger partial charge on any atom is 0.327 e. The number of carbonyl (C=O) groups excluding carboxylic acids is 1. The lowest BCUT2D eigenvalue weighted by atomic mass is 9.79. The highest BCUT2D eigenvalue weighted by molar-refractivity contribution is 5.97. The highest BCUT2D eigenvalue weighted by Gasteiger charge is 2.56. The summed E-state index contributed by atoms with van der Waals surface area (Å²) in [6.07, 6.45) is -1.04. The minimum absolute atomic E-state index is 0.390. The van der Waals surface area contributed by atoms with Crippen LogP contribution in [0.2, 0.25) is 0 Å². The minimum atomic E-state index is -1.14. The first kappa shape index (κ1) is 19.7. The van der Waals surface area contributed by atoms with Gasteiger partial charge in [-0.1, -0.05) is 24.3 Å². The molecule has 0 radical (unpaired) electrons. The van der Waals surface area contributed by atoms with Gasteiger partial charge in [-0.2, -0.15) is 0 Å². The summed E-state index contributed by atoms with van der Waals surface area (Å²) < 4.78 is 10.4. The SMILES string of the molecule is COc1ccc(C(c2ccc(OC)cc2)N2C(=O)[C@H]([C@H](C)O)[C@H]2C(=O)O)cc1. The number of aliphatic hydroxyl groups excluding tert-OH is 1. The molecule has 0 aromatic heterocycles. The number of carboxylic acids is 1. The average molecular weight is 385 g/mol. The Morgan fingerprint density at radius 2 is 1.39 bits per heavy atom. The Morgan fingerprint density at radius 3 is 1.71 bits per heavy atom. The Morgan fingerprint density at radius 1 is 0.964 bits per heavy atom. The smallest absolute Gasteiger partial charge is 0.327 e. The second-order valence-electron chi connectivity index (χ2n) is 6.74. The number of nitrogens with zero attached hydrogens (tertiary/aromatic N) is 1. The van der Waals surface area contributed by atoms with Gasteiger partial charge in [0.2, 0.25) is 5.91 Å². The van der Waals surface area contributed by atoms with Crippen LogP contribution >= 0.6 is 0 Å². The van der Waals surface area contributed by atoms with E-state index in [9.17, 15) is 19.8 Å². The number of benzene rings is 2. The quantitative estimate of drug-likeness (QED) is 0.709. The average Bonchev–Trinajstić information content (AvgIpc) is 2.69. The van der Waals surface area contributed by atoms with Gasteiger partial charge in [0, 0.05) is 0 Å². The number of ether oxygens (including phenoxy) is 2. The molecule has 3 atom stereocenters. The first-order valence-corrected chi connectivity index (χ1v) is 8.90. The Kier molecular flexibility index (Phi) is 5.56. The van der Waals surface area contributed by atoms with Gasteiger partial charge in [-0.15, -0.1) is 0 Å². The van der Waals surface area contributed by atoms with Crippen LogP contribution in [0.15, 0.2) is 48.5 Å². The fourth-order valence-corrected chi connectivity index (χ4v) is 3.65. The summed E-state index contributed by atoms with van der Waals surface area (Å²) in [6.45, 7) is 1.44. The van der Waals surface area contributed by atoms with Gasteiger partial charge in [0.1, 0.15) is 17.5 Å². The van der Waals surface area contributed by atoms with Gasteiger partial charge in [-0.25, -0.2) is 4.79 Å². The standard InChI is InChI=1S/C21H23NO6/c1-12(23)17-19(21(25)26)22(20(17)24)18(13-4-8-15(27-2)9-5-13)14-6-10-16(28-3)11-7-14/h4-12,17-19,23H,1-3H3,(H,25,26)/t12-,17+,19-/m0/s1. The molecule has 0 spiro atoms. The molecule has 7 heteroatoms. The number of hydrogen-bond acceptors (Lipinski definition) is 5. The molecule has 7 nitrogen and oxygen atoms in total. The van der Waals surface area contributed by atoms with Crippen LogP contribution in [0.25, 0.3) is 0 Å². The predicted octanol–water partition coefficient (Wildman–Crippen LogP) is 2.09. The molecule has 1 aliphatic rings. The number of hydrogen-bond donors (Lipinski definition) is 2. The zero-order valence-electron chi connectivity index (χ0n) is 15.9. The van der Waals surface area contributed by atoms with Crippen LogP contribution in [0.5, 0.6) is 11.5 Å². The van der Waals surface area contributed by atoms with E-state index in [0.717, 1.165) is 11.1 Å². The molecule has 0 unspecified atom stereocenters. The van der Waals surface area contributed by atoms with Gasteiger partial charge in [0.15, 0.2) is 0 Å². The number of β-lactam (4-membered cyclic amide) rings is 1. The molecule has 148 valence electrons. The fourth-order valence-electron chi connectivity index (χ4n) is 3.65. The summed E-state index contributed by atoms with van der Waals surface area (Å²) in [7, 11) is 3.12. The Balaban J connectivity index is 2.07. The maximum absolute atomic E-state index is 12.8. The van der Waals surface area contributed by atoms with Gasteiger partial charge in [-0.3, -0.25) is 4.79 Å². The topological polar surface area (TPSA) is 96.3 Å². The molecular weight excluding hydrogens is 362 g/mol. The van der Waals surface area contributed by atoms with E-state index >= 15 is 0 Å². The lowest BCUT2D eigenvalue weighted by molar-refractivity contribution is -0.180. The number of rotatable bonds is 7. The lowest BCUT2D eigenvalue weighted by Gasteiger charge is -2.50. The minimum Gasteiger partial charge on any atom is -0.497 e. The molecule has 2 N–H and O–H groups in total. The monoisotopic (exact) mass is 385 g/mol. The normalized spacial score (nSPS) is 19.9. The van der Waals surface area contributed by atoms with Crippen LogP contribution in [0.1, 0.15) is 24.1 Å². The van der Waals surface area contributed by atoms with Crippen molar-refractivity contribution in [1.29, 1.82) is 0 Å². The number of methoxy groups -OCH3 is 2. The van der Waals surface area contributed by atoms with Crippen molar-refractivity contribution >= 4 is 11.9 Å². The summed E-state index contributed by atoms with van der Waals surface area (Å²) in [5.41, 5.74) is 1.49. The predicted molar refractivity (Wildman–Crippen MR) is 101 cm³/mol. The zero-order chi connectivity index (χ0) is 20.4. The van der Waals surface area contributed by atoms with Crippen molar-refractivity contribution in [3.63, 3.8) is 0 Å². The van der Waals surface area contributed by atoms with E-state index in [2.05, 4.69) is 0 Å². The van der Waals surface area contributed by atoms with E-state index in [-0.39, 0.29) is 5.91 Å². The third kappa shape index (κ3) is 3.41. The number of carbonyl (C=O) groups is 2. The highest BCUT2D eigenvalue weighted by Crippen LogP contribution is 2.41. The molecular formula is C21H23NO6. The van der Waals surface area contributed by atoms with Gasteiger partial charge >= 0.3 is 5.97 Å². The van der Waals surface area contributed by atoms with Crippen molar-refractivity contribution < 1.29 is 29.3 Å². The largest absolute Gasteiger partial charge is 0.497 e. The van der Waals surface area contributed by atoms with E-state index in [1.54, 1.807) is 62.8 Å². The van der Waals surface area contributed by atoms with Crippen LogP contribution in [-0.4, -0.2) is 53.4 Å². The summed E-state index contributed by atoms with van der Waals surface area (Å²) in [5.74, 6) is -1.18. The summed E-state index contributed by atoms with van der Waals surface area (Å²) >= 11 is 0. The van der Waals surface area contributed by atoms with Gasteiger partial charge in [-0.05, 0) is 42.3 Å². The number of aliphatic hydroxyl groups is 1. The van der Waals surface area contributed by atoms with Crippen LogP contribution in [0, 0.1) is 5.92 Å². The van der Waals surface area contributed by atoms with Gasteiger partial charge in [0.25, 0.3) is 0 Å². The molecule has 0 saturated carbocycles. The van der Waals surface area contributed by atoms with Crippen LogP contribution in [0.3, 0.4) is 0 Å². The number of aliphatic carboxylic acids is 1. The first-order valence-electron chi connectivity index (χ1n) is 8.90. The molecule has 1 saturated heterocycles. The van der Waals surface area contributed by atoms with Crippen LogP contribution in [-0.2, 0) is 9.59 Å². The van der Waals surface area contributed by atoms with Crippen LogP contribution in [0.4, 0.5) is 0 Å². The third-order valence-corrected chi connectivity index (χ3v) is 5.09. The van der Waals surface area contributed by atoms with Gasteiger partial charge in [0.05, 0.1) is 32.3 Å². The Bertz CT molecular complexity index is 799. The summed E-state index contributed by atoms with van der Waals surface area (Å²) in [5, 5.41) is 19.6. The fraction of sp³-hybridized carbons (Fsp3) is 0.333. The van der Waals surface area contributed by atoms with E-state index in [1.165, 1.54) is 11.8 Å². The molecule has 1 heterocycles. The highest BCUT2D eigenvalue weighted by atomic mass is 16.5. The number of likely N-dealkylation sites (tertiary alicyclic amines) is 1. The zero-order valence-corrected chi connectivity index (χ0v) is 15.9. The van der Waals surface area contributed by atoms with Crippen molar-refractivity contribution in [2.75, 3.05) is 14.2 Å². The molecule has 1 fully saturated rings. The van der Waals surface area contributed by atoms with Crippen molar-refractivity contribution in [2.45, 2.75) is 25.1 Å². The Labute approximate surface area is 163 Å². The molecule has 2 aromatic rings. The van der Waals surface area contributed by atoms with Crippen molar-refractivity contribution in [3.05, 3.63) is 59.7 Å². The van der Waals surface area contributed by atoms with E-state index in [1.807, 2.05) is 0 Å². The number of carboxylic acid groups (broad SMARTS) is 1. The van der Waals surface area contributed by atoms with Crippen molar-refractivity contribution in [3.8, 4) is 11.5 Å². The third-order valence-electron chi connectivity index (χ3n) is 5.09. The van der Waals surface area contributed by atoms with Gasteiger partial charge < -0.3 is 24.6 Å². The molecule has 0 aliphatic carbocycles. The number of amides is 1. The molecule has 28 heavy (non-hydrogen) atoms. The molecule has 3 rings (SSSR count).